The predicted octanol–water partition coefficient (Wildman–Crippen LogP) is 3.66. The summed E-state index contributed by atoms with van der Waals surface area (Å²) in [5.41, 5.74) is 3.52. The highest BCUT2D eigenvalue weighted by atomic mass is 32.2. The summed E-state index contributed by atoms with van der Waals surface area (Å²) in [5.74, 6) is 1.33. The highest BCUT2D eigenvalue weighted by molar-refractivity contribution is 7.89. The average Bonchev–Trinajstić information content (AvgIpc) is 2.76. The lowest BCUT2D eigenvalue weighted by molar-refractivity contribution is 0.382. The van der Waals surface area contributed by atoms with Crippen molar-refractivity contribution in [1.29, 1.82) is 0 Å². The van der Waals surface area contributed by atoms with Crippen molar-refractivity contribution in [2.24, 2.45) is 0 Å². The second kappa shape index (κ2) is 8.64. The molecule has 0 saturated carbocycles. The lowest BCUT2D eigenvalue weighted by atomic mass is 10.2. The Morgan fingerprint density at radius 1 is 0.871 bits per heavy atom. The number of para-hydroxylation sites is 1. The number of aromatic nitrogens is 2. The number of benzene rings is 2. The third kappa shape index (κ3) is 4.70. The Morgan fingerprint density at radius 3 is 2.29 bits per heavy atom. The molecule has 1 N–H and O–H groups in total. The van der Waals surface area contributed by atoms with Crippen molar-refractivity contribution in [2.75, 3.05) is 36.4 Å². The Morgan fingerprint density at radius 2 is 1.58 bits per heavy atom. The largest absolute Gasteiger partial charge is 0.340 e. The Kier molecular flexibility index (Phi) is 5.93. The van der Waals surface area contributed by atoms with Crippen molar-refractivity contribution in [3.63, 3.8) is 0 Å². The van der Waals surface area contributed by atoms with E-state index in [1.165, 1.54) is 0 Å². The van der Waals surface area contributed by atoms with E-state index in [0.29, 0.717) is 37.0 Å². The zero-order valence-corrected chi connectivity index (χ0v) is 18.9. The van der Waals surface area contributed by atoms with Crippen LogP contribution in [0.5, 0.6) is 0 Å². The fourth-order valence-electron chi connectivity index (χ4n) is 3.68. The summed E-state index contributed by atoms with van der Waals surface area (Å²) >= 11 is 0. The molecular formula is C23H27N5O2S. The molecule has 0 aliphatic carbocycles. The summed E-state index contributed by atoms with van der Waals surface area (Å²) in [6.45, 7) is 7.55. The molecule has 1 aromatic heterocycles. The van der Waals surface area contributed by atoms with Crippen LogP contribution >= 0.6 is 0 Å². The van der Waals surface area contributed by atoms with Crippen molar-refractivity contribution >= 4 is 27.5 Å². The van der Waals surface area contributed by atoms with E-state index in [1.807, 2.05) is 74.2 Å². The van der Waals surface area contributed by atoms with E-state index in [9.17, 15) is 8.42 Å². The molecule has 1 fully saturated rings. The Balaban J connectivity index is 1.49. The summed E-state index contributed by atoms with van der Waals surface area (Å²) in [7, 11) is -3.52. The fraction of sp³-hybridized carbons (Fsp3) is 0.304. The lowest BCUT2D eigenvalue weighted by Crippen LogP contribution is -2.49. The average molecular weight is 438 g/mol. The lowest BCUT2D eigenvalue weighted by Gasteiger charge is -2.34. The molecule has 1 saturated heterocycles. The third-order valence-electron chi connectivity index (χ3n) is 5.37. The summed E-state index contributed by atoms with van der Waals surface area (Å²) < 4.78 is 27.9. The maximum absolute atomic E-state index is 13.2. The number of aryl methyl sites for hydroxylation is 3. The predicted molar refractivity (Wildman–Crippen MR) is 123 cm³/mol. The highest BCUT2D eigenvalue weighted by Gasteiger charge is 2.30. The summed E-state index contributed by atoms with van der Waals surface area (Å²) in [5, 5.41) is 3.31. The molecule has 0 atom stereocenters. The first-order valence-electron chi connectivity index (χ1n) is 10.3. The third-order valence-corrected chi connectivity index (χ3v) is 7.41. The van der Waals surface area contributed by atoms with Gasteiger partial charge in [-0.1, -0.05) is 30.3 Å². The zero-order valence-electron chi connectivity index (χ0n) is 18.0. The monoisotopic (exact) mass is 437 g/mol. The van der Waals surface area contributed by atoms with Crippen molar-refractivity contribution in [2.45, 2.75) is 25.7 Å². The molecular weight excluding hydrogens is 410 g/mol. The van der Waals surface area contributed by atoms with E-state index in [2.05, 4.69) is 15.3 Å². The molecule has 3 aromatic rings. The molecule has 0 radical (unpaired) electrons. The first-order chi connectivity index (χ1) is 14.8. The van der Waals surface area contributed by atoms with Crippen LogP contribution < -0.4 is 10.2 Å². The van der Waals surface area contributed by atoms with Crippen molar-refractivity contribution in [3.8, 4) is 0 Å². The van der Waals surface area contributed by atoms with Gasteiger partial charge >= 0.3 is 0 Å². The molecule has 0 amide bonds. The van der Waals surface area contributed by atoms with Crippen molar-refractivity contribution in [3.05, 3.63) is 71.4 Å². The molecule has 31 heavy (non-hydrogen) atoms. The van der Waals surface area contributed by atoms with E-state index >= 15 is 0 Å². The molecule has 4 rings (SSSR count). The molecule has 162 valence electrons. The SMILES string of the molecule is Cc1ccc(C)c(S(=O)(=O)N2CCN(c3nc(C)cc(Nc4ccccc4)n3)CC2)c1. The van der Waals surface area contributed by atoms with Crippen molar-refractivity contribution < 1.29 is 8.42 Å². The second-order valence-electron chi connectivity index (χ2n) is 7.85. The van der Waals surface area contributed by atoms with Crippen LogP contribution in [-0.2, 0) is 10.0 Å². The second-order valence-corrected chi connectivity index (χ2v) is 9.75. The van der Waals surface area contributed by atoms with Crippen LogP contribution in [0.2, 0.25) is 0 Å². The van der Waals surface area contributed by atoms with E-state index in [0.717, 1.165) is 28.3 Å². The van der Waals surface area contributed by atoms with E-state index in [-0.39, 0.29) is 0 Å². The van der Waals surface area contributed by atoms with Crippen molar-refractivity contribution in [1.82, 2.24) is 14.3 Å². The quantitative estimate of drug-likeness (QED) is 0.656. The van der Waals surface area contributed by atoms with E-state index in [1.54, 1.807) is 10.4 Å². The van der Waals surface area contributed by atoms with Gasteiger partial charge < -0.3 is 10.2 Å². The Bertz CT molecular complexity index is 1170. The number of anilines is 3. The van der Waals surface area contributed by atoms with Crippen LogP contribution in [0.25, 0.3) is 0 Å². The molecule has 1 aliphatic rings. The van der Waals surface area contributed by atoms with Gasteiger partial charge in [0, 0.05) is 43.6 Å². The van der Waals surface area contributed by atoms with Crippen LogP contribution in [0.3, 0.4) is 0 Å². The maximum Gasteiger partial charge on any atom is 0.243 e. The molecule has 0 unspecified atom stereocenters. The first kappa shape index (κ1) is 21.3. The van der Waals surface area contributed by atoms with Crippen LogP contribution in [-0.4, -0.2) is 48.9 Å². The van der Waals surface area contributed by atoms with E-state index in [4.69, 9.17) is 0 Å². The molecule has 2 aromatic carbocycles. The molecule has 8 heteroatoms. The number of hydrogen-bond donors (Lipinski definition) is 1. The summed E-state index contributed by atoms with van der Waals surface area (Å²) in [4.78, 5) is 11.7. The number of nitrogens with one attached hydrogen (secondary N) is 1. The number of piperazine rings is 1. The van der Waals surface area contributed by atoms with Gasteiger partial charge in [0.2, 0.25) is 16.0 Å². The van der Waals surface area contributed by atoms with Gasteiger partial charge in [-0.05, 0) is 50.1 Å². The number of hydrogen-bond acceptors (Lipinski definition) is 6. The molecule has 0 spiro atoms. The van der Waals surface area contributed by atoms with Gasteiger partial charge in [0.25, 0.3) is 0 Å². The molecule has 1 aliphatic heterocycles. The first-order valence-corrected chi connectivity index (χ1v) is 11.8. The standard InChI is InChI=1S/C23H27N5O2S/c1-17-9-10-18(2)21(15-17)31(29,30)28-13-11-27(12-14-28)23-24-19(3)16-22(26-23)25-20-7-5-4-6-8-20/h4-10,15-16H,11-14H2,1-3H3,(H,24,25,26). The molecule has 7 nitrogen and oxygen atoms in total. The maximum atomic E-state index is 13.2. The topological polar surface area (TPSA) is 78.4 Å². The number of sulfonamides is 1. The number of nitrogens with zero attached hydrogens (tertiary/aromatic N) is 4. The van der Waals surface area contributed by atoms with Gasteiger partial charge in [0.1, 0.15) is 5.82 Å². The fourth-order valence-corrected chi connectivity index (χ4v) is 5.41. The van der Waals surface area contributed by atoms with Gasteiger partial charge in [-0.3, -0.25) is 0 Å². The molecule has 2 heterocycles. The van der Waals surface area contributed by atoms with Crippen LogP contribution in [0.1, 0.15) is 16.8 Å². The minimum Gasteiger partial charge on any atom is -0.340 e. The van der Waals surface area contributed by atoms with Gasteiger partial charge in [0.15, 0.2) is 0 Å². The minimum atomic E-state index is -3.52. The van der Waals surface area contributed by atoms with Gasteiger partial charge in [-0.2, -0.15) is 9.29 Å². The minimum absolute atomic E-state index is 0.391. The highest BCUT2D eigenvalue weighted by Crippen LogP contribution is 2.24. The smallest absolute Gasteiger partial charge is 0.243 e. The van der Waals surface area contributed by atoms with Gasteiger partial charge in [-0.15, -0.1) is 0 Å². The van der Waals surface area contributed by atoms with E-state index < -0.39 is 10.0 Å². The normalized spacial score (nSPS) is 15.1. The summed E-state index contributed by atoms with van der Waals surface area (Å²) in [6.07, 6.45) is 0. The Labute approximate surface area is 183 Å². The van der Waals surface area contributed by atoms with Crippen LogP contribution in [0.4, 0.5) is 17.5 Å². The number of rotatable bonds is 5. The van der Waals surface area contributed by atoms with Crippen LogP contribution in [0, 0.1) is 20.8 Å². The summed E-state index contributed by atoms with van der Waals surface area (Å²) in [6, 6.07) is 17.3. The Hall–Kier alpha value is -2.97. The van der Waals surface area contributed by atoms with Gasteiger partial charge in [-0.25, -0.2) is 13.4 Å². The zero-order chi connectivity index (χ0) is 22.0. The van der Waals surface area contributed by atoms with Crippen LogP contribution in [0.15, 0.2) is 59.5 Å². The molecule has 0 bridgehead atoms. The van der Waals surface area contributed by atoms with Gasteiger partial charge in [0.05, 0.1) is 4.90 Å².